The van der Waals surface area contributed by atoms with Crippen LogP contribution in [-0.2, 0) is 11.2 Å². The zero-order chi connectivity index (χ0) is 13.9. The quantitative estimate of drug-likeness (QED) is 0.849. The smallest absolute Gasteiger partial charge is 0.222 e. The zero-order valence-electron chi connectivity index (χ0n) is 11.7. The first kappa shape index (κ1) is 18.0. The molecule has 1 fully saturated rings. The van der Waals surface area contributed by atoms with Gasteiger partial charge in [-0.3, -0.25) is 4.79 Å². The maximum absolute atomic E-state index is 12.1. The van der Waals surface area contributed by atoms with Gasteiger partial charge >= 0.3 is 0 Å². The van der Waals surface area contributed by atoms with Crippen LogP contribution in [0.1, 0.15) is 31.1 Å². The average molecular weight is 382 g/mol. The summed E-state index contributed by atoms with van der Waals surface area (Å²) in [7, 11) is 0. The average Bonchev–Trinajstić information content (AvgIpc) is 2.97. The maximum Gasteiger partial charge on any atom is 0.222 e. The first-order valence-electron chi connectivity index (χ1n) is 6.74. The number of aryl methyl sites for hydroxylation is 1. The van der Waals surface area contributed by atoms with Crippen LogP contribution >= 0.6 is 39.7 Å². The van der Waals surface area contributed by atoms with E-state index in [9.17, 15) is 4.79 Å². The summed E-state index contributed by atoms with van der Waals surface area (Å²) >= 11 is 5.21. The number of likely N-dealkylation sites (tertiary alicyclic amines) is 1. The highest BCUT2D eigenvalue weighted by Crippen LogP contribution is 2.29. The monoisotopic (exact) mass is 380 g/mol. The molecule has 1 aliphatic rings. The molecular weight excluding hydrogens is 360 g/mol. The summed E-state index contributed by atoms with van der Waals surface area (Å²) < 4.78 is 1.16. The number of halogens is 2. The fourth-order valence-electron chi connectivity index (χ4n) is 2.46. The van der Waals surface area contributed by atoms with E-state index in [-0.39, 0.29) is 23.7 Å². The van der Waals surface area contributed by atoms with Crippen molar-refractivity contribution >= 4 is 45.6 Å². The molecule has 0 bridgehead atoms. The summed E-state index contributed by atoms with van der Waals surface area (Å²) in [6.07, 6.45) is 3.61. The van der Waals surface area contributed by atoms with Crippen molar-refractivity contribution in [2.24, 2.45) is 11.1 Å². The lowest BCUT2D eigenvalue weighted by atomic mass is 9.90. The Morgan fingerprint density at radius 2 is 2.30 bits per heavy atom. The predicted molar refractivity (Wildman–Crippen MR) is 90.6 cm³/mol. The van der Waals surface area contributed by atoms with Gasteiger partial charge in [0.05, 0.1) is 3.79 Å². The van der Waals surface area contributed by atoms with Crippen LogP contribution in [0, 0.1) is 5.41 Å². The van der Waals surface area contributed by atoms with Gasteiger partial charge in [-0.05, 0) is 59.3 Å². The third kappa shape index (κ3) is 4.72. The number of carbonyl (C=O) groups excluding carboxylic acids is 1. The van der Waals surface area contributed by atoms with Crippen LogP contribution in [0.2, 0.25) is 0 Å². The Morgan fingerprint density at radius 3 is 2.85 bits per heavy atom. The molecule has 0 saturated carbocycles. The van der Waals surface area contributed by atoms with Crippen LogP contribution < -0.4 is 5.73 Å². The second-order valence-electron chi connectivity index (χ2n) is 5.64. The van der Waals surface area contributed by atoms with E-state index in [1.807, 2.05) is 4.90 Å². The molecule has 6 heteroatoms. The minimum atomic E-state index is 0. The van der Waals surface area contributed by atoms with Crippen molar-refractivity contribution in [1.29, 1.82) is 0 Å². The van der Waals surface area contributed by atoms with Crippen molar-refractivity contribution in [3.05, 3.63) is 20.8 Å². The van der Waals surface area contributed by atoms with Crippen molar-refractivity contribution in [1.82, 2.24) is 4.90 Å². The van der Waals surface area contributed by atoms with Crippen LogP contribution in [0.15, 0.2) is 15.9 Å². The van der Waals surface area contributed by atoms with Crippen LogP contribution in [0.5, 0.6) is 0 Å². The Bertz CT molecular complexity index is 454. The molecule has 0 radical (unpaired) electrons. The number of nitrogens with two attached hydrogens (primary N) is 1. The van der Waals surface area contributed by atoms with Gasteiger partial charge in [0.25, 0.3) is 0 Å². The van der Waals surface area contributed by atoms with Gasteiger partial charge in [-0.2, -0.15) is 0 Å². The number of hydrogen-bond donors (Lipinski definition) is 1. The van der Waals surface area contributed by atoms with E-state index in [1.54, 1.807) is 11.3 Å². The van der Waals surface area contributed by atoms with Gasteiger partial charge < -0.3 is 10.6 Å². The molecule has 1 unspecified atom stereocenters. The Morgan fingerprint density at radius 1 is 1.55 bits per heavy atom. The minimum absolute atomic E-state index is 0. The second kappa shape index (κ2) is 7.78. The SMILES string of the molecule is CC1(CN)CCN(C(=O)CCCc2ccc(Br)s2)C1.Cl. The maximum atomic E-state index is 12.1. The molecule has 2 N–H and O–H groups in total. The number of thiophene rings is 1. The van der Waals surface area contributed by atoms with Crippen LogP contribution in [0.25, 0.3) is 0 Å². The fourth-order valence-corrected chi connectivity index (χ4v) is 3.99. The van der Waals surface area contributed by atoms with E-state index in [0.29, 0.717) is 13.0 Å². The van der Waals surface area contributed by atoms with Gasteiger partial charge in [0.1, 0.15) is 0 Å². The largest absolute Gasteiger partial charge is 0.342 e. The molecule has 1 atom stereocenters. The summed E-state index contributed by atoms with van der Waals surface area (Å²) in [6.45, 7) is 4.54. The van der Waals surface area contributed by atoms with Crippen LogP contribution in [0.4, 0.5) is 0 Å². The van der Waals surface area contributed by atoms with E-state index in [1.165, 1.54) is 4.88 Å². The Hall–Kier alpha value is -0.100. The summed E-state index contributed by atoms with van der Waals surface area (Å²) in [5, 5.41) is 0. The van der Waals surface area contributed by atoms with Gasteiger partial charge in [0.15, 0.2) is 0 Å². The predicted octanol–water partition coefficient (Wildman–Crippen LogP) is 3.45. The molecule has 1 aromatic heterocycles. The molecule has 1 saturated heterocycles. The van der Waals surface area contributed by atoms with Gasteiger partial charge in [-0.1, -0.05) is 6.92 Å². The molecule has 1 aromatic rings. The van der Waals surface area contributed by atoms with Crippen LogP contribution in [-0.4, -0.2) is 30.4 Å². The highest BCUT2D eigenvalue weighted by Gasteiger charge is 2.34. The molecule has 1 aliphatic heterocycles. The molecule has 114 valence electrons. The standard InChI is InChI=1S/C14H21BrN2OS.ClH/c1-14(9-16)7-8-17(10-14)13(18)4-2-3-11-5-6-12(15)19-11;/h5-6H,2-4,7-10,16H2,1H3;1H. The minimum Gasteiger partial charge on any atom is -0.342 e. The third-order valence-electron chi connectivity index (χ3n) is 3.85. The molecule has 0 aromatic carbocycles. The summed E-state index contributed by atoms with van der Waals surface area (Å²) in [5.41, 5.74) is 5.90. The number of hydrogen-bond acceptors (Lipinski definition) is 3. The van der Waals surface area contributed by atoms with Crippen molar-refractivity contribution in [3.63, 3.8) is 0 Å². The Kier molecular flexibility index (Phi) is 6.98. The molecule has 2 heterocycles. The van der Waals surface area contributed by atoms with Gasteiger partial charge in [0, 0.05) is 24.4 Å². The van der Waals surface area contributed by atoms with Crippen molar-refractivity contribution in [2.75, 3.05) is 19.6 Å². The van der Waals surface area contributed by atoms with Gasteiger partial charge in [0.2, 0.25) is 5.91 Å². The van der Waals surface area contributed by atoms with Crippen LogP contribution in [0.3, 0.4) is 0 Å². The molecule has 20 heavy (non-hydrogen) atoms. The van der Waals surface area contributed by atoms with Crippen molar-refractivity contribution in [3.8, 4) is 0 Å². The molecule has 0 spiro atoms. The van der Waals surface area contributed by atoms with E-state index in [0.717, 1.165) is 36.1 Å². The lowest BCUT2D eigenvalue weighted by Gasteiger charge is -2.22. The molecule has 0 aliphatic carbocycles. The third-order valence-corrected chi connectivity index (χ3v) is 5.53. The zero-order valence-corrected chi connectivity index (χ0v) is 15.0. The van der Waals surface area contributed by atoms with E-state index >= 15 is 0 Å². The summed E-state index contributed by atoms with van der Waals surface area (Å²) in [4.78, 5) is 15.4. The van der Waals surface area contributed by atoms with E-state index < -0.39 is 0 Å². The van der Waals surface area contributed by atoms with Crippen molar-refractivity contribution in [2.45, 2.75) is 32.6 Å². The lowest BCUT2D eigenvalue weighted by Crippen LogP contribution is -2.34. The summed E-state index contributed by atoms with van der Waals surface area (Å²) in [5.74, 6) is 0.285. The van der Waals surface area contributed by atoms with Crippen molar-refractivity contribution < 1.29 is 4.79 Å². The molecular formula is C14H22BrClN2OS. The molecule has 2 rings (SSSR count). The number of rotatable bonds is 5. The molecule has 3 nitrogen and oxygen atoms in total. The highest BCUT2D eigenvalue weighted by molar-refractivity contribution is 9.11. The van der Waals surface area contributed by atoms with E-state index in [2.05, 4.69) is 35.0 Å². The Labute approximate surface area is 139 Å². The molecule has 1 amide bonds. The Balaban J connectivity index is 0.00000200. The number of nitrogens with zero attached hydrogens (tertiary/aromatic N) is 1. The topological polar surface area (TPSA) is 46.3 Å². The number of amides is 1. The van der Waals surface area contributed by atoms with E-state index in [4.69, 9.17) is 5.73 Å². The highest BCUT2D eigenvalue weighted by atomic mass is 79.9. The normalized spacial score (nSPS) is 21.9. The summed E-state index contributed by atoms with van der Waals surface area (Å²) in [6, 6.07) is 4.19. The number of carbonyl (C=O) groups is 1. The lowest BCUT2D eigenvalue weighted by molar-refractivity contribution is -0.130. The van der Waals surface area contributed by atoms with Gasteiger partial charge in [-0.25, -0.2) is 0 Å². The second-order valence-corrected chi connectivity index (χ2v) is 8.19. The van der Waals surface area contributed by atoms with Gasteiger partial charge in [-0.15, -0.1) is 23.7 Å². The first-order chi connectivity index (χ1) is 9.02. The first-order valence-corrected chi connectivity index (χ1v) is 8.35. The fraction of sp³-hybridized carbons (Fsp3) is 0.643.